The molecule has 0 aliphatic carbocycles. The molecule has 0 unspecified atom stereocenters. The number of aryl methyl sites for hydroxylation is 1. The molecule has 0 fully saturated rings. The van der Waals surface area contributed by atoms with E-state index in [1.165, 1.54) is 18.2 Å². The molecule has 0 aliphatic rings. The second-order valence-electron chi connectivity index (χ2n) is 4.88. The number of carbonyl (C=O) groups excluding carboxylic acids is 1. The van der Waals surface area contributed by atoms with E-state index in [-0.39, 0.29) is 5.97 Å². The molecule has 0 bridgehead atoms. The molecule has 0 N–H and O–H groups in total. The first-order valence-electron chi connectivity index (χ1n) is 7.09. The van der Waals surface area contributed by atoms with Gasteiger partial charge in [0.05, 0.1) is 19.3 Å². The van der Waals surface area contributed by atoms with Crippen LogP contribution < -0.4 is 4.74 Å². The Morgan fingerprint density at radius 1 is 1.18 bits per heavy atom. The van der Waals surface area contributed by atoms with Gasteiger partial charge in [0.15, 0.2) is 0 Å². The molecular formula is C18H20O3S. The lowest BCUT2D eigenvalue weighted by Crippen LogP contribution is -2.06. The molecule has 116 valence electrons. The van der Waals surface area contributed by atoms with Gasteiger partial charge in [-0.05, 0) is 42.5 Å². The third kappa shape index (κ3) is 4.04. The van der Waals surface area contributed by atoms with Crippen LogP contribution in [-0.2, 0) is 11.2 Å². The predicted octanol–water partition coefficient (Wildman–Crippen LogP) is 4.13. The second kappa shape index (κ2) is 7.90. The van der Waals surface area contributed by atoms with Gasteiger partial charge >= 0.3 is 5.97 Å². The lowest BCUT2D eigenvalue weighted by atomic mass is 10.1. The summed E-state index contributed by atoms with van der Waals surface area (Å²) in [5.41, 5.74) is 3.04. The number of hydrogen-bond acceptors (Lipinski definition) is 4. The number of benzene rings is 2. The van der Waals surface area contributed by atoms with E-state index in [1.54, 1.807) is 23.9 Å². The first-order valence-corrected chi connectivity index (χ1v) is 8.32. The molecule has 0 amide bonds. The summed E-state index contributed by atoms with van der Waals surface area (Å²) in [5, 5.41) is 0. The van der Waals surface area contributed by atoms with E-state index < -0.39 is 0 Å². The van der Waals surface area contributed by atoms with Crippen LogP contribution >= 0.6 is 11.8 Å². The third-order valence-electron chi connectivity index (χ3n) is 3.47. The number of carbonyl (C=O) groups is 1. The summed E-state index contributed by atoms with van der Waals surface area (Å²) >= 11 is 1.60. The van der Waals surface area contributed by atoms with Crippen LogP contribution in [0.5, 0.6) is 5.75 Å². The molecule has 2 aromatic rings. The van der Waals surface area contributed by atoms with E-state index in [2.05, 4.69) is 19.1 Å². The average molecular weight is 316 g/mol. The Kier molecular flexibility index (Phi) is 5.90. The van der Waals surface area contributed by atoms with Crippen molar-refractivity contribution in [2.45, 2.75) is 18.2 Å². The van der Waals surface area contributed by atoms with Gasteiger partial charge in [-0.3, -0.25) is 0 Å². The molecule has 2 rings (SSSR count). The zero-order chi connectivity index (χ0) is 15.9. The summed E-state index contributed by atoms with van der Waals surface area (Å²) in [7, 11) is 1.38. The lowest BCUT2D eigenvalue weighted by molar-refractivity contribution is 0.0600. The minimum atomic E-state index is -0.351. The van der Waals surface area contributed by atoms with E-state index in [4.69, 9.17) is 9.47 Å². The molecule has 0 spiro atoms. The number of hydrogen-bond donors (Lipinski definition) is 0. The van der Waals surface area contributed by atoms with Gasteiger partial charge < -0.3 is 9.47 Å². The molecule has 0 atom stereocenters. The Morgan fingerprint density at radius 3 is 2.64 bits per heavy atom. The summed E-state index contributed by atoms with van der Waals surface area (Å²) in [4.78, 5) is 12.6. The summed E-state index contributed by atoms with van der Waals surface area (Å²) in [6.45, 7) is 2.67. The number of rotatable bonds is 6. The Labute approximate surface area is 135 Å². The minimum absolute atomic E-state index is 0.351. The molecule has 3 nitrogen and oxygen atoms in total. The fourth-order valence-corrected chi connectivity index (χ4v) is 2.72. The highest BCUT2D eigenvalue weighted by molar-refractivity contribution is 7.98. The van der Waals surface area contributed by atoms with Crippen LogP contribution in [0, 0.1) is 6.92 Å². The smallest absolute Gasteiger partial charge is 0.337 e. The maximum absolute atomic E-state index is 11.6. The van der Waals surface area contributed by atoms with E-state index in [1.807, 2.05) is 24.5 Å². The van der Waals surface area contributed by atoms with Crippen LogP contribution in [0.1, 0.15) is 21.5 Å². The molecule has 0 heterocycles. The monoisotopic (exact) mass is 316 g/mol. The standard InChI is InChI=1S/C18H20O3S/c1-13-6-4-5-7-14(13)10-11-21-16-12-15(18(19)20-2)8-9-17(16)22-3/h4-9,12H,10-11H2,1-3H3. The van der Waals surface area contributed by atoms with Gasteiger partial charge in [0.1, 0.15) is 5.75 Å². The highest BCUT2D eigenvalue weighted by Gasteiger charge is 2.10. The summed E-state index contributed by atoms with van der Waals surface area (Å²) in [5.74, 6) is 0.375. The van der Waals surface area contributed by atoms with Gasteiger partial charge in [-0.1, -0.05) is 24.3 Å². The van der Waals surface area contributed by atoms with Crippen LogP contribution in [0.15, 0.2) is 47.4 Å². The molecular weight excluding hydrogens is 296 g/mol. The van der Waals surface area contributed by atoms with Gasteiger partial charge in [0.25, 0.3) is 0 Å². The van der Waals surface area contributed by atoms with Crippen LogP contribution in [-0.4, -0.2) is 25.9 Å². The van der Waals surface area contributed by atoms with Crippen LogP contribution in [0.25, 0.3) is 0 Å². The van der Waals surface area contributed by atoms with Crippen LogP contribution in [0.4, 0.5) is 0 Å². The molecule has 2 aromatic carbocycles. The molecule has 0 saturated carbocycles. The molecule has 0 aromatic heterocycles. The van der Waals surface area contributed by atoms with Crippen LogP contribution in [0.3, 0.4) is 0 Å². The minimum Gasteiger partial charge on any atom is -0.492 e. The van der Waals surface area contributed by atoms with Crippen LogP contribution in [0.2, 0.25) is 0 Å². The van der Waals surface area contributed by atoms with Gasteiger partial charge in [-0.25, -0.2) is 4.79 Å². The van der Waals surface area contributed by atoms with E-state index in [9.17, 15) is 4.79 Å². The van der Waals surface area contributed by atoms with Gasteiger partial charge in [-0.2, -0.15) is 0 Å². The lowest BCUT2D eigenvalue weighted by Gasteiger charge is -2.12. The highest BCUT2D eigenvalue weighted by Crippen LogP contribution is 2.29. The third-order valence-corrected chi connectivity index (χ3v) is 4.25. The fraction of sp³-hybridized carbons (Fsp3) is 0.278. The predicted molar refractivity (Wildman–Crippen MR) is 89.9 cm³/mol. The van der Waals surface area contributed by atoms with Gasteiger partial charge in [-0.15, -0.1) is 11.8 Å². The molecule has 4 heteroatoms. The van der Waals surface area contributed by atoms with Crippen molar-refractivity contribution in [3.8, 4) is 5.75 Å². The topological polar surface area (TPSA) is 35.5 Å². The summed E-state index contributed by atoms with van der Waals surface area (Å²) < 4.78 is 10.6. The maximum Gasteiger partial charge on any atom is 0.337 e. The van der Waals surface area contributed by atoms with Gasteiger partial charge in [0.2, 0.25) is 0 Å². The fourth-order valence-electron chi connectivity index (χ4n) is 2.20. The van der Waals surface area contributed by atoms with Crippen molar-refractivity contribution in [3.63, 3.8) is 0 Å². The largest absolute Gasteiger partial charge is 0.492 e. The number of methoxy groups -OCH3 is 1. The van der Waals surface area contributed by atoms with Crippen molar-refractivity contribution in [1.29, 1.82) is 0 Å². The van der Waals surface area contributed by atoms with E-state index >= 15 is 0 Å². The zero-order valence-electron chi connectivity index (χ0n) is 13.1. The highest BCUT2D eigenvalue weighted by atomic mass is 32.2. The Morgan fingerprint density at radius 2 is 1.95 bits per heavy atom. The first kappa shape index (κ1) is 16.4. The van der Waals surface area contributed by atoms with Crippen molar-refractivity contribution in [2.75, 3.05) is 20.0 Å². The Balaban J connectivity index is 2.08. The molecule has 22 heavy (non-hydrogen) atoms. The van der Waals surface area contributed by atoms with Crippen molar-refractivity contribution < 1.29 is 14.3 Å². The Hall–Kier alpha value is -1.94. The van der Waals surface area contributed by atoms with E-state index in [0.717, 1.165) is 17.1 Å². The average Bonchev–Trinajstić information content (AvgIpc) is 2.55. The van der Waals surface area contributed by atoms with E-state index in [0.29, 0.717) is 12.2 Å². The second-order valence-corrected chi connectivity index (χ2v) is 5.73. The number of esters is 1. The first-order chi connectivity index (χ1) is 10.7. The van der Waals surface area contributed by atoms with Crippen molar-refractivity contribution >= 4 is 17.7 Å². The Bertz CT molecular complexity index is 653. The summed E-state index contributed by atoms with van der Waals surface area (Å²) in [6, 6.07) is 13.7. The normalized spacial score (nSPS) is 10.3. The van der Waals surface area contributed by atoms with Crippen molar-refractivity contribution in [3.05, 3.63) is 59.2 Å². The molecule has 0 radical (unpaired) electrons. The van der Waals surface area contributed by atoms with Crippen molar-refractivity contribution in [1.82, 2.24) is 0 Å². The zero-order valence-corrected chi connectivity index (χ0v) is 13.9. The quantitative estimate of drug-likeness (QED) is 0.593. The van der Waals surface area contributed by atoms with Crippen molar-refractivity contribution in [2.24, 2.45) is 0 Å². The number of thioether (sulfide) groups is 1. The molecule has 0 aliphatic heterocycles. The SMILES string of the molecule is COC(=O)c1ccc(SC)c(OCCc2ccccc2C)c1. The summed E-state index contributed by atoms with van der Waals surface area (Å²) in [6.07, 6.45) is 2.82. The molecule has 0 saturated heterocycles. The maximum atomic E-state index is 11.6. The number of ether oxygens (including phenoxy) is 2. The van der Waals surface area contributed by atoms with Gasteiger partial charge in [0, 0.05) is 11.3 Å².